The molecule has 2 aromatic rings. The number of fused-ring (bicyclic) bond motifs is 1. The summed E-state index contributed by atoms with van der Waals surface area (Å²) in [7, 11) is 0. The standard InChI is InChI=1S/C23H23BrN2O4/c1-23(2)29-19-17(25-21(27)14-9-5-3-6-10-14)13-16(24)18(20(19)30-23)26-22(28)15-11-7-4-8-12-15/h3-13,17-20H,1-2H3,(H,25,27)(H,26,28)/t17-,18+,19+,20-/m0/s1. The van der Waals surface area contributed by atoms with E-state index in [1.54, 1.807) is 24.3 Å². The van der Waals surface area contributed by atoms with Crippen LogP contribution in [0.2, 0.25) is 0 Å². The minimum absolute atomic E-state index is 0.198. The van der Waals surface area contributed by atoms with Crippen LogP contribution < -0.4 is 10.6 Å². The number of halogens is 1. The van der Waals surface area contributed by atoms with Crippen LogP contribution in [0.5, 0.6) is 0 Å². The summed E-state index contributed by atoms with van der Waals surface area (Å²) in [6.07, 6.45) is 0.950. The van der Waals surface area contributed by atoms with Crippen molar-refractivity contribution in [1.82, 2.24) is 10.6 Å². The third-order valence-corrected chi connectivity index (χ3v) is 5.90. The summed E-state index contributed by atoms with van der Waals surface area (Å²) in [5.74, 6) is -1.24. The number of ether oxygens (including phenoxy) is 2. The Hall–Kier alpha value is -2.48. The first-order chi connectivity index (χ1) is 14.3. The van der Waals surface area contributed by atoms with Crippen molar-refractivity contribution in [2.24, 2.45) is 0 Å². The third-order valence-electron chi connectivity index (χ3n) is 5.14. The summed E-state index contributed by atoms with van der Waals surface area (Å²) in [4.78, 5) is 25.4. The number of carbonyl (C=O) groups is 2. The lowest BCUT2D eigenvalue weighted by Crippen LogP contribution is -2.57. The Kier molecular flexibility index (Phi) is 5.77. The molecule has 0 saturated carbocycles. The Morgan fingerprint density at radius 2 is 1.33 bits per heavy atom. The van der Waals surface area contributed by atoms with Gasteiger partial charge in [-0.3, -0.25) is 9.59 Å². The Morgan fingerprint density at radius 3 is 1.90 bits per heavy atom. The van der Waals surface area contributed by atoms with Gasteiger partial charge >= 0.3 is 0 Å². The first-order valence-corrected chi connectivity index (χ1v) is 10.6. The van der Waals surface area contributed by atoms with Crippen molar-refractivity contribution in [3.05, 3.63) is 82.3 Å². The fourth-order valence-corrected chi connectivity index (χ4v) is 4.45. The molecule has 2 amide bonds. The highest BCUT2D eigenvalue weighted by atomic mass is 79.9. The molecule has 2 aromatic carbocycles. The summed E-state index contributed by atoms with van der Waals surface area (Å²) in [5.41, 5.74) is 1.13. The second-order valence-electron chi connectivity index (χ2n) is 7.80. The number of rotatable bonds is 4. The van der Waals surface area contributed by atoms with Crippen molar-refractivity contribution in [3.63, 3.8) is 0 Å². The van der Waals surface area contributed by atoms with Crippen LogP contribution in [0.3, 0.4) is 0 Å². The number of benzene rings is 2. The summed E-state index contributed by atoms with van der Waals surface area (Å²) in [5, 5.41) is 6.05. The fraction of sp³-hybridized carbons (Fsp3) is 0.304. The number of amides is 2. The molecule has 1 aliphatic carbocycles. The monoisotopic (exact) mass is 470 g/mol. The summed E-state index contributed by atoms with van der Waals surface area (Å²) in [6.45, 7) is 3.65. The van der Waals surface area contributed by atoms with Crippen LogP contribution in [-0.2, 0) is 9.47 Å². The lowest BCUT2D eigenvalue weighted by Gasteiger charge is -2.35. The van der Waals surface area contributed by atoms with Crippen LogP contribution in [0.4, 0.5) is 0 Å². The summed E-state index contributed by atoms with van der Waals surface area (Å²) in [6, 6.07) is 17.2. The molecule has 1 aliphatic heterocycles. The van der Waals surface area contributed by atoms with Crippen LogP contribution in [0, 0.1) is 0 Å². The van der Waals surface area contributed by atoms with Crippen LogP contribution in [0.15, 0.2) is 71.2 Å². The molecule has 2 N–H and O–H groups in total. The van der Waals surface area contributed by atoms with Gasteiger partial charge in [0.15, 0.2) is 5.79 Å². The zero-order valence-electron chi connectivity index (χ0n) is 16.7. The molecule has 4 rings (SSSR count). The van der Waals surface area contributed by atoms with Gasteiger partial charge in [-0.25, -0.2) is 0 Å². The largest absolute Gasteiger partial charge is 0.343 e. The van der Waals surface area contributed by atoms with Gasteiger partial charge in [0.25, 0.3) is 11.8 Å². The molecule has 0 radical (unpaired) electrons. The Labute approximate surface area is 183 Å². The van der Waals surface area contributed by atoms with Gasteiger partial charge in [0.2, 0.25) is 0 Å². The van der Waals surface area contributed by atoms with Crippen molar-refractivity contribution in [2.75, 3.05) is 0 Å². The smallest absolute Gasteiger partial charge is 0.251 e. The van der Waals surface area contributed by atoms with Gasteiger partial charge in [0, 0.05) is 15.6 Å². The van der Waals surface area contributed by atoms with E-state index in [4.69, 9.17) is 9.47 Å². The quantitative estimate of drug-likeness (QED) is 0.717. The molecule has 156 valence electrons. The molecule has 30 heavy (non-hydrogen) atoms. The van der Waals surface area contributed by atoms with Crippen LogP contribution in [0.25, 0.3) is 0 Å². The summed E-state index contributed by atoms with van der Waals surface area (Å²) < 4.78 is 13.0. The van der Waals surface area contributed by atoms with Gasteiger partial charge in [-0.15, -0.1) is 0 Å². The predicted octanol–water partition coefficient (Wildman–Crippen LogP) is 3.40. The van der Waals surface area contributed by atoms with Crippen molar-refractivity contribution in [2.45, 2.75) is 43.9 Å². The van der Waals surface area contributed by atoms with E-state index in [0.29, 0.717) is 11.1 Å². The maximum absolute atomic E-state index is 12.7. The Bertz CT molecular complexity index is 962. The summed E-state index contributed by atoms with van der Waals surface area (Å²) >= 11 is 3.58. The molecular formula is C23H23BrN2O4. The highest BCUT2D eigenvalue weighted by molar-refractivity contribution is 9.11. The molecule has 1 saturated heterocycles. The second-order valence-corrected chi connectivity index (χ2v) is 8.71. The maximum Gasteiger partial charge on any atom is 0.251 e. The Balaban J connectivity index is 1.57. The second kappa shape index (κ2) is 8.34. The molecule has 6 nitrogen and oxygen atoms in total. The third kappa shape index (κ3) is 4.33. The first-order valence-electron chi connectivity index (χ1n) is 9.79. The topological polar surface area (TPSA) is 76.7 Å². The zero-order chi connectivity index (χ0) is 21.3. The maximum atomic E-state index is 12.7. The molecule has 0 aromatic heterocycles. The van der Waals surface area contributed by atoms with E-state index in [0.717, 1.165) is 4.48 Å². The minimum Gasteiger partial charge on any atom is -0.343 e. The highest BCUT2D eigenvalue weighted by Gasteiger charge is 2.52. The molecule has 7 heteroatoms. The van der Waals surface area contributed by atoms with E-state index in [1.807, 2.05) is 56.3 Å². The van der Waals surface area contributed by atoms with Crippen molar-refractivity contribution in [3.8, 4) is 0 Å². The average Bonchev–Trinajstić information content (AvgIpc) is 3.07. The van der Waals surface area contributed by atoms with Crippen molar-refractivity contribution >= 4 is 27.7 Å². The van der Waals surface area contributed by atoms with Gasteiger partial charge < -0.3 is 20.1 Å². The molecule has 1 heterocycles. The normalized spacial score (nSPS) is 27.0. The minimum atomic E-state index is -0.841. The van der Waals surface area contributed by atoms with Crippen LogP contribution in [-0.4, -0.2) is 41.9 Å². The highest BCUT2D eigenvalue weighted by Crippen LogP contribution is 2.38. The van der Waals surface area contributed by atoms with Gasteiger partial charge in [-0.05, 0) is 44.2 Å². The lowest BCUT2D eigenvalue weighted by atomic mass is 9.91. The van der Waals surface area contributed by atoms with Crippen molar-refractivity contribution in [1.29, 1.82) is 0 Å². The number of nitrogens with one attached hydrogen (secondary N) is 2. The van der Waals surface area contributed by atoms with Gasteiger partial charge in [0.05, 0.1) is 12.1 Å². The van der Waals surface area contributed by atoms with Crippen LogP contribution >= 0.6 is 15.9 Å². The molecule has 0 bridgehead atoms. The van der Waals surface area contributed by atoms with Crippen LogP contribution in [0.1, 0.15) is 34.6 Å². The molecule has 0 spiro atoms. The van der Waals surface area contributed by atoms with Gasteiger partial charge in [-0.2, -0.15) is 0 Å². The molecule has 0 unspecified atom stereocenters. The molecule has 1 fully saturated rings. The zero-order valence-corrected chi connectivity index (χ0v) is 18.3. The predicted molar refractivity (Wildman–Crippen MR) is 116 cm³/mol. The molecule has 2 aliphatic rings. The number of hydrogen-bond donors (Lipinski definition) is 2. The average molecular weight is 471 g/mol. The van der Waals surface area contributed by atoms with Crippen molar-refractivity contribution < 1.29 is 19.1 Å². The Morgan fingerprint density at radius 1 is 0.833 bits per heavy atom. The molecule has 4 atom stereocenters. The van der Waals surface area contributed by atoms with E-state index in [1.165, 1.54) is 0 Å². The lowest BCUT2D eigenvalue weighted by molar-refractivity contribution is -0.147. The first kappa shape index (κ1) is 20.8. The number of hydrogen-bond acceptors (Lipinski definition) is 4. The van der Waals surface area contributed by atoms with E-state index >= 15 is 0 Å². The van der Waals surface area contributed by atoms with E-state index in [2.05, 4.69) is 26.6 Å². The number of carbonyl (C=O) groups excluding carboxylic acids is 2. The fourth-order valence-electron chi connectivity index (χ4n) is 3.79. The molecular weight excluding hydrogens is 448 g/mol. The SMILES string of the molecule is CC1(C)O[C@@H]2[C@H](O1)[C@@H](NC(=O)c1ccccc1)C=C(Br)[C@H]2NC(=O)c1ccccc1. The van der Waals surface area contributed by atoms with E-state index in [-0.39, 0.29) is 11.8 Å². The van der Waals surface area contributed by atoms with Gasteiger partial charge in [0.1, 0.15) is 12.2 Å². The van der Waals surface area contributed by atoms with E-state index in [9.17, 15) is 9.59 Å². The van der Waals surface area contributed by atoms with E-state index < -0.39 is 30.1 Å². The van der Waals surface area contributed by atoms with Gasteiger partial charge in [-0.1, -0.05) is 52.3 Å².